The maximum atomic E-state index is 10.7. The summed E-state index contributed by atoms with van der Waals surface area (Å²) in [5, 5.41) is 13.3. The Bertz CT molecular complexity index is 482. The summed E-state index contributed by atoms with van der Waals surface area (Å²) >= 11 is 0. The minimum atomic E-state index is -0.850. The Morgan fingerprint density at radius 2 is 2.19 bits per heavy atom. The average Bonchev–Trinajstić information content (AvgIpc) is 2.96. The summed E-state index contributed by atoms with van der Waals surface area (Å²) in [4.78, 5) is 13.3. The maximum absolute atomic E-state index is 10.7. The summed E-state index contributed by atoms with van der Waals surface area (Å²) < 4.78 is 6.96. The predicted octanol–water partition coefficient (Wildman–Crippen LogP) is 1.33. The van der Waals surface area contributed by atoms with E-state index >= 15 is 0 Å². The smallest absolute Gasteiger partial charge is 0.325 e. The molecule has 0 bridgehead atoms. The van der Waals surface area contributed by atoms with Gasteiger partial charge in [0.05, 0.1) is 5.69 Å². The number of nitrogens with zero attached hydrogens (tertiary/aromatic N) is 3. The Balaban J connectivity index is 1.62. The quantitative estimate of drug-likeness (QED) is 0.907. The van der Waals surface area contributed by atoms with Crippen LogP contribution in [0.5, 0.6) is 0 Å². The number of hydrogen-bond acceptors (Lipinski definition) is 4. The van der Waals surface area contributed by atoms with E-state index in [9.17, 15) is 4.79 Å². The SMILES string of the molecule is O=C(O)Cn1ccc([C@H]2CCCN(C3CCOCC3)C2)n1. The molecule has 116 valence electrons. The lowest BCUT2D eigenvalue weighted by Gasteiger charge is -2.39. The van der Waals surface area contributed by atoms with Crippen molar-refractivity contribution in [1.29, 1.82) is 0 Å². The molecule has 0 amide bonds. The Morgan fingerprint density at radius 3 is 2.95 bits per heavy atom. The summed E-state index contributed by atoms with van der Waals surface area (Å²) in [6, 6.07) is 2.61. The van der Waals surface area contributed by atoms with Crippen molar-refractivity contribution in [3.63, 3.8) is 0 Å². The van der Waals surface area contributed by atoms with Crippen LogP contribution in [0.4, 0.5) is 0 Å². The van der Waals surface area contributed by atoms with Gasteiger partial charge in [0.15, 0.2) is 0 Å². The monoisotopic (exact) mass is 293 g/mol. The lowest BCUT2D eigenvalue weighted by atomic mass is 9.92. The van der Waals surface area contributed by atoms with Gasteiger partial charge in [0, 0.05) is 37.9 Å². The normalized spacial score (nSPS) is 25.0. The van der Waals surface area contributed by atoms with Gasteiger partial charge in [0.2, 0.25) is 0 Å². The zero-order chi connectivity index (χ0) is 14.7. The third kappa shape index (κ3) is 3.63. The number of aromatic nitrogens is 2. The molecule has 1 aromatic heterocycles. The van der Waals surface area contributed by atoms with Crippen LogP contribution in [0.15, 0.2) is 12.3 Å². The van der Waals surface area contributed by atoms with Crippen molar-refractivity contribution in [2.75, 3.05) is 26.3 Å². The molecule has 3 heterocycles. The second-order valence-electron chi connectivity index (χ2n) is 6.01. The van der Waals surface area contributed by atoms with Crippen LogP contribution in [0.1, 0.15) is 37.3 Å². The Kier molecular flexibility index (Phi) is 4.55. The fourth-order valence-corrected chi connectivity index (χ4v) is 3.45. The number of rotatable bonds is 4. The van der Waals surface area contributed by atoms with Crippen LogP contribution in [0, 0.1) is 0 Å². The van der Waals surface area contributed by atoms with Crippen molar-refractivity contribution < 1.29 is 14.6 Å². The average molecular weight is 293 g/mol. The molecular weight excluding hydrogens is 270 g/mol. The molecule has 1 atom stereocenters. The largest absolute Gasteiger partial charge is 0.480 e. The van der Waals surface area contributed by atoms with Gasteiger partial charge in [-0.1, -0.05) is 0 Å². The molecule has 2 aliphatic rings. The molecule has 0 saturated carbocycles. The van der Waals surface area contributed by atoms with Crippen LogP contribution in [-0.4, -0.2) is 58.1 Å². The number of likely N-dealkylation sites (tertiary alicyclic amines) is 1. The third-order valence-corrected chi connectivity index (χ3v) is 4.54. The number of piperidine rings is 1. The Labute approximate surface area is 124 Å². The fourth-order valence-electron chi connectivity index (χ4n) is 3.45. The van der Waals surface area contributed by atoms with Crippen LogP contribution in [0.2, 0.25) is 0 Å². The first-order valence-corrected chi connectivity index (χ1v) is 7.79. The van der Waals surface area contributed by atoms with E-state index in [1.807, 2.05) is 6.07 Å². The van der Waals surface area contributed by atoms with E-state index < -0.39 is 5.97 Å². The first-order chi connectivity index (χ1) is 10.2. The van der Waals surface area contributed by atoms with E-state index in [0.29, 0.717) is 12.0 Å². The molecule has 1 aromatic rings. The first kappa shape index (κ1) is 14.5. The van der Waals surface area contributed by atoms with Crippen LogP contribution in [0.3, 0.4) is 0 Å². The first-order valence-electron chi connectivity index (χ1n) is 7.79. The van der Waals surface area contributed by atoms with Gasteiger partial charge in [-0.3, -0.25) is 14.4 Å². The van der Waals surface area contributed by atoms with Crippen molar-refractivity contribution in [2.24, 2.45) is 0 Å². The van der Waals surface area contributed by atoms with E-state index in [2.05, 4.69) is 10.00 Å². The second kappa shape index (κ2) is 6.58. The molecule has 0 aliphatic carbocycles. The zero-order valence-corrected chi connectivity index (χ0v) is 12.3. The van der Waals surface area contributed by atoms with Crippen molar-refractivity contribution >= 4 is 5.97 Å². The molecule has 2 fully saturated rings. The summed E-state index contributed by atoms with van der Waals surface area (Å²) in [5.74, 6) is -0.422. The molecule has 2 saturated heterocycles. The summed E-state index contributed by atoms with van der Waals surface area (Å²) in [7, 11) is 0. The van der Waals surface area contributed by atoms with Gasteiger partial charge >= 0.3 is 5.97 Å². The van der Waals surface area contributed by atoms with Crippen LogP contribution in [-0.2, 0) is 16.1 Å². The molecular formula is C15H23N3O3. The highest BCUT2D eigenvalue weighted by molar-refractivity contribution is 5.66. The van der Waals surface area contributed by atoms with Gasteiger partial charge in [-0.25, -0.2) is 0 Å². The Morgan fingerprint density at radius 1 is 1.38 bits per heavy atom. The van der Waals surface area contributed by atoms with E-state index in [1.54, 1.807) is 6.20 Å². The molecule has 21 heavy (non-hydrogen) atoms. The van der Waals surface area contributed by atoms with Gasteiger partial charge in [-0.2, -0.15) is 5.10 Å². The lowest BCUT2D eigenvalue weighted by molar-refractivity contribution is -0.137. The van der Waals surface area contributed by atoms with Crippen molar-refractivity contribution in [2.45, 2.75) is 44.2 Å². The van der Waals surface area contributed by atoms with Crippen LogP contribution < -0.4 is 0 Å². The molecule has 3 rings (SSSR count). The summed E-state index contributed by atoms with van der Waals surface area (Å²) in [5.41, 5.74) is 1.04. The van der Waals surface area contributed by atoms with Crippen molar-refractivity contribution in [3.8, 4) is 0 Å². The van der Waals surface area contributed by atoms with Gasteiger partial charge in [-0.05, 0) is 38.3 Å². The summed E-state index contributed by atoms with van der Waals surface area (Å²) in [6.07, 6.45) is 6.36. The van der Waals surface area contributed by atoms with E-state index in [1.165, 1.54) is 11.1 Å². The van der Waals surface area contributed by atoms with Crippen molar-refractivity contribution in [3.05, 3.63) is 18.0 Å². The minimum absolute atomic E-state index is 0.0591. The maximum Gasteiger partial charge on any atom is 0.325 e. The number of carbonyl (C=O) groups is 1. The number of aliphatic carboxylic acids is 1. The third-order valence-electron chi connectivity index (χ3n) is 4.54. The van der Waals surface area contributed by atoms with Gasteiger partial charge in [0.1, 0.15) is 6.54 Å². The zero-order valence-electron chi connectivity index (χ0n) is 12.3. The van der Waals surface area contributed by atoms with Crippen molar-refractivity contribution in [1.82, 2.24) is 14.7 Å². The fraction of sp³-hybridized carbons (Fsp3) is 0.733. The van der Waals surface area contributed by atoms with Crippen LogP contribution >= 0.6 is 0 Å². The van der Waals surface area contributed by atoms with Crippen LogP contribution in [0.25, 0.3) is 0 Å². The lowest BCUT2D eigenvalue weighted by Crippen LogP contribution is -2.44. The molecule has 2 aliphatic heterocycles. The number of carboxylic acids is 1. The van der Waals surface area contributed by atoms with E-state index in [0.717, 1.165) is 51.3 Å². The summed E-state index contributed by atoms with van der Waals surface area (Å²) in [6.45, 7) is 3.89. The highest BCUT2D eigenvalue weighted by Gasteiger charge is 2.28. The standard InChI is InChI=1S/C15H23N3O3/c19-15(20)11-18-7-3-14(16-18)12-2-1-6-17(10-12)13-4-8-21-9-5-13/h3,7,12-13H,1-2,4-6,8-11H2,(H,19,20)/t12-/m0/s1. The molecule has 0 aromatic carbocycles. The highest BCUT2D eigenvalue weighted by atomic mass is 16.5. The van der Waals surface area contributed by atoms with E-state index in [-0.39, 0.29) is 6.54 Å². The molecule has 0 spiro atoms. The van der Waals surface area contributed by atoms with Gasteiger partial charge < -0.3 is 9.84 Å². The predicted molar refractivity (Wildman–Crippen MR) is 77.3 cm³/mol. The molecule has 0 radical (unpaired) electrons. The topological polar surface area (TPSA) is 67.6 Å². The number of ether oxygens (including phenoxy) is 1. The second-order valence-corrected chi connectivity index (χ2v) is 6.01. The molecule has 1 N–H and O–H groups in total. The highest BCUT2D eigenvalue weighted by Crippen LogP contribution is 2.28. The Hall–Kier alpha value is -1.40. The number of hydrogen-bond donors (Lipinski definition) is 1. The number of carboxylic acid groups (broad SMARTS) is 1. The molecule has 0 unspecified atom stereocenters. The van der Waals surface area contributed by atoms with E-state index in [4.69, 9.17) is 9.84 Å². The molecule has 6 nitrogen and oxygen atoms in total. The van der Waals surface area contributed by atoms with Gasteiger partial charge in [0.25, 0.3) is 0 Å². The molecule has 6 heteroatoms. The minimum Gasteiger partial charge on any atom is -0.480 e. The van der Waals surface area contributed by atoms with Gasteiger partial charge in [-0.15, -0.1) is 0 Å².